The highest BCUT2D eigenvalue weighted by molar-refractivity contribution is 7.13. The lowest BCUT2D eigenvalue weighted by atomic mass is 10.0. The summed E-state index contributed by atoms with van der Waals surface area (Å²) in [5, 5.41) is 8.00. The number of hydrogen-bond acceptors (Lipinski definition) is 6. The minimum Gasteiger partial charge on any atom is -0.475 e. The number of H-pyrrole nitrogens is 1. The van der Waals surface area contributed by atoms with Gasteiger partial charge in [-0.2, -0.15) is 5.10 Å². The largest absolute Gasteiger partial charge is 0.475 e. The number of nitrogens with zero attached hydrogens (tertiary/aromatic N) is 4. The number of carbonyl (C=O) groups is 1. The minimum atomic E-state index is -0.697. The zero-order chi connectivity index (χ0) is 20.8. The number of hydrazone groups is 1. The van der Waals surface area contributed by atoms with Crippen molar-refractivity contribution in [2.45, 2.75) is 18.6 Å². The van der Waals surface area contributed by atoms with Crippen molar-refractivity contribution in [3.8, 4) is 5.06 Å². The van der Waals surface area contributed by atoms with Crippen LogP contribution in [-0.2, 0) is 0 Å². The quantitative estimate of drug-likeness (QED) is 0.691. The van der Waals surface area contributed by atoms with Gasteiger partial charge in [-0.3, -0.25) is 4.79 Å². The van der Waals surface area contributed by atoms with Gasteiger partial charge in [-0.15, -0.1) is 11.3 Å². The summed E-state index contributed by atoms with van der Waals surface area (Å²) in [5.41, 5.74) is 0.613. The van der Waals surface area contributed by atoms with Crippen molar-refractivity contribution in [3.05, 3.63) is 57.5 Å². The Hall–Kier alpha value is -3.34. The summed E-state index contributed by atoms with van der Waals surface area (Å²) in [4.78, 5) is 32.8. The zero-order valence-corrected chi connectivity index (χ0v) is 16.2. The standard InChI is InChI=1S/C19H15F2N5O3S/c20-11-3-10(4-12(21)5-11)15-1-2-24-26(15)19(28)25-6-13(7-25)29-18-16-14(8-30-18)17(27)23-9-22-16/h2-5,8-9,13,15H,1,6-7H2,(H,22,23,27). The lowest BCUT2D eigenvalue weighted by Crippen LogP contribution is -2.58. The molecule has 30 heavy (non-hydrogen) atoms. The first kappa shape index (κ1) is 18.7. The van der Waals surface area contributed by atoms with Crippen LogP contribution in [0.1, 0.15) is 18.0 Å². The van der Waals surface area contributed by atoms with Gasteiger partial charge in [0.1, 0.15) is 23.3 Å². The predicted molar refractivity (Wildman–Crippen MR) is 106 cm³/mol. The van der Waals surface area contributed by atoms with E-state index in [1.54, 1.807) is 16.5 Å². The maximum Gasteiger partial charge on any atom is 0.341 e. The first-order chi connectivity index (χ1) is 14.5. The van der Waals surface area contributed by atoms with Gasteiger partial charge in [0.25, 0.3) is 5.56 Å². The van der Waals surface area contributed by atoms with E-state index in [9.17, 15) is 18.4 Å². The molecular formula is C19H15F2N5O3S. The molecule has 154 valence electrons. The average molecular weight is 431 g/mol. The number of rotatable bonds is 3. The van der Waals surface area contributed by atoms with E-state index in [4.69, 9.17) is 4.74 Å². The van der Waals surface area contributed by atoms with Crippen LogP contribution in [0.25, 0.3) is 10.9 Å². The molecule has 1 fully saturated rings. The van der Waals surface area contributed by atoms with Gasteiger partial charge in [0.2, 0.25) is 5.06 Å². The summed E-state index contributed by atoms with van der Waals surface area (Å²) in [5.74, 6) is -1.39. The fraction of sp³-hybridized carbons (Fsp3) is 0.263. The van der Waals surface area contributed by atoms with Gasteiger partial charge in [-0.25, -0.2) is 23.6 Å². The third-order valence-electron chi connectivity index (χ3n) is 5.05. The van der Waals surface area contributed by atoms with Gasteiger partial charge in [0.05, 0.1) is 30.8 Å². The van der Waals surface area contributed by atoms with E-state index >= 15 is 0 Å². The van der Waals surface area contributed by atoms with Crippen molar-refractivity contribution in [2.24, 2.45) is 5.10 Å². The highest BCUT2D eigenvalue weighted by atomic mass is 32.1. The average Bonchev–Trinajstić information content (AvgIpc) is 3.31. The molecule has 11 heteroatoms. The molecule has 2 aliphatic heterocycles. The van der Waals surface area contributed by atoms with Crippen LogP contribution in [0.4, 0.5) is 13.6 Å². The summed E-state index contributed by atoms with van der Waals surface area (Å²) in [6, 6.07) is 2.30. The number of halogens is 2. The van der Waals surface area contributed by atoms with E-state index in [-0.39, 0.29) is 17.7 Å². The fourth-order valence-electron chi connectivity index (χ4n) is 3.54. The topological polar surface area (TPSA) is 90.9 Å². The van der Waals surface area contributed by atoms with Crippen LogP contribution in [0.5, 0.6) is 5.06 Å². The Morgan fingerprint density at radius 2 is 2.00 bits per heavy atom. The monoisotopic (exact) mass is 431 g/mol. The molecule has 4 heterocycles. The van der Waals surface area contributed by atoms with Crippen LogP contribution in [0.2, 0.25) is 0 Å². The zero-order valence-electron chi connectivity index (χ0n) is 15.4. The number of aromatic amines is 1. The molecule has 1 atom stereocenters. The predicted octanol–water partition coefficient (Wildman–Crippen LogP) is 2.88. The number of ether oxygens (including phenoxy) is 1. The van der Waals surface area contributed by atoms with E-state index in [0.29, 0.717) is 41.0 Å². The van der Waals surface area contributed by atoms with E-state index in [1.165, 1.54) is 34.8 Å². The van der Waals surface area contributed by atoms with Crippen LogP contribution >= 0.6 is 11.3 Å². The Bertz CT molecular complexity index is 1200. The second-order valence-electron chi connectivity index (χ2n) is 7.04. The number of amides is 2. The van der Waals surface area contributed by atoms with Gasteiger partial charge in [0, 0.05) is 24.1 Å². The SMILES string of the molecule is O=C(N1CC(Oc2scc3c(=O)[nH]cnc23)C1)N1N=CCC1c1cc(F)cc(F)c1. The molecule has 1 unspecified atom stereocenters. The number of thiophene rings is 1. The van der Waals surface area contributed by atoms with Gasteiger partial charge < -0.3 is 14.6 Å². The Kier molecular flexibility index (Phi) is 4.46. The Morgan fingerprint density at radius 1 is 1.23 bits per heavy atom. The van der Waals surface area contributed by atoms with E-state index in [2.05, 4.69) is 15.1 Å². The Morgan fingerprint density at radius 3 is 2.77 bits per heavy atom. The summed E-state index contributed by atoms with van der Waals surface area (Å²) < 4.78 is 33.1. The minimum absolute atomic E-state index is 0.233. The van der Waals surface area contributed by atoms with Crippen LogP contribution in [0, 0.1) is 11.6 Å². The summed E-state index contributed by atoms with van der Waals surface area (Å²) in [6.07, 6.45) is 3.01. The Labute approximate surface area is 172 Å². The molecule has 0 aliphatic carbocycles. The van der Waals surface area contributed by atoms with Crippen LogP contribution in [0.15, 0.2) is 39.8 Å². The van der Waals surface area contributed by atoms with Gasteiger partial charge in [0.15, 0.2) is 0 Å². The normalized spacial score (nSPS) is 18.8. The van der Waals surface area contributed by atoms with Crippen molar-refractivity contribution < 1.29 is 18.3 Å². The third kappa shape index (κ3) is 3.20. The number of carbonyl (C=O) groups excluding carboxylic acids is 1. The molecule has 3 aromatic rings. The lowest BCUT2D eigenvalue weighted by Gasteiger charge is -2.40. The van der Waals surface area contributed by atoms with E-state index < -0.39 is 17.7 Å². The molecule has 2 amide bonds. The molecule has 0 bridgehead atoms. The second kappa shape index (κ2) is 7.17. The smallest absolute Gasteiger partial charge is 0.341 e. The molecule has 2 aromatic heterocycles. The molecular weight excluding hydrogens is 416 g/mol. The Balaban J connectivity index is 1.25. The van der Waals surface area contributed by atoms with Crippen molar-refractivity contribution in [1.82, 2.24) is 19.9 Å². The van der Waals surface area contributed by atoms with Crippen LogP contribution < -0.4 is 10.3 Å². The molecule has 1 N–H and O–H groups in total. The van der Waals surface area contributed by atoms with E-state index in [1.807, 2.05) is 0 Å². The highest BCUT2D eigenvalue weighted by Crippen LogP contribution is 2.34. The fourth-order valence-corrected chi connectivity index (χ4v) is 4.45. The number of likely N-dealkylation sites (tertiary alicyclic amines) is 1. The number of benzene rings is 1. The van der Waals surface area contributed by atoms with Crippen molar-refractivity contribution in [1.29, 1.82) is 0 Å². The van der Waals surface area contributed by atoms with Gasteiger partial charge in [-0.05, 0) is 17.7 Å². The van der Waals surface area contributed by atoms with Crippen molar-refractivity contribution in [3.63, 3.8) is 0 Å². The molecule has 1 saturated heterocycles. The van der Waals surface area contributed by atoms with Crippen LogP contribution in [-0.4, -0.2) is 51.3 Å². The van der Waals surface area contributed by atoms with Gasteiger partial charge in [-0.1, -0.05) is 0 Å². The number of urea groups is 1. The molecule has 2 aliphatic rings. The second-order valence-corrected chi connectivity index (χ2v) is 7.88. The van der Waals surface area contributed by atoms with Crippen molar-refractivity contribution >= 4 is 34.5 Å². The number of fused-ring (bicyclic) bond motifs is 1. The first-order valence-electron chi connectivity index (χ1n) is 9.17. The molecule has 0 radical (unpaired) electrons. The summed E-state index contributed by atoms with van der Waals surface area (Å²) >= 11 is 1.28. The first-order valence-corrected chi connectivity index (χ1v) is 10.1. The molecule has 0 saturated carbocycles. The third-order valence-corrected chi connectivity index (χ3v) is 5.91. The van der Waals surface area contributed by atoms with E-state index in [0.717, 1.165) is 6.07 Å². The summed E-state index contributed by atoms with van der Waals surface area (Å²) in [6.45, 7) is 0.662. The van der Waals surface area contributed by atoms with Crippen molar-refractivity contribution in [2.75, 3.05) is 13.1 Å². The van der Waals surface area contributed by atoms with Crippen LogP contribution in [0.3, 0.4) is 0 Å². The maximum atomic E-state index is 13.6. The molecule has 0 spiro atoms. The number of nitrogens with one attached hydrogen (secondary N) is 1. The lowest BCUT2D eigenvalue weighted by molar-refractivity contribution is 0.0304. The molecule has 8 nitrogen and oxygen atoms in total. The molecule has 5 rings (SSSR count). The maximum absolute atomic E-state index is 13.6. The summed E-state index contributed by atoms with van der Waals surface area (Å²) in [7, 11) is 0. The van der Waals surface area contributed by atoms with Gasteiger partial charge >= 0.3 is 6.03 Å². The number of aromatic nitrogens is 2. The highest BCUT2D eigenvalue weighted by Gasteiger charge is 2.39. The molecule has 1 aromatic carbocycles. The number of hydrogen-bond donors (Lipinski definition) is 1.